The Morgan fingerprint density at radius 1 is 1.38 bits per heavy atom. The zero-order valence-corrected chi connectivity index (χ0v) is 12.4. The number of hydrogen-bond donors (Lipinski definition) is 2. The van der Waals surface area contributed by atoms with Crippen molar-refractivity contribution in [3.05, 3.63) is 24.0 Å². The van der Waals surface area contributed by atoms with Gasteiger partial charge < -0.3 is 10.4 Å². The monoisotopic (exact) mass is 318 g/mol. The summed E-state index contributed by atoms with van der Waals surface area (Å²) < 4.78 is 38.8. The highest BCUT2D eigenvalue weighted by atomic mass is 32.2. The number of amides is 1. The van der Waals surface area contributed by atoms with Crippen LogP contribution in [0.3, 0.4) is 0 Å². The van der Waals surface area contributed by atoms with Crippen LogP contribution in [0.25, 0.3) is 0 Å². The zero-order valence-electron chi connectivity index (χ0n) is 11.6. The number of carboxylic acid groups (broad SMARTS) is 1. The van der Waals surface area contributed by atoms with Gasteiger partial charge in [0.1, 0.15) is 16.8 Å². The number of hydrogen-bond acceptors (Lipinski definition) is 4. The number of likely N-dealkylation sites (N-methyl/N-ethyl adjacent to an activating group) is 1. The minimum atomic E-state index is -4.29. The summed E-state index contributed by atoms with van der Waals surface area (Å²) in [5.74, 6) is -2.86. The Hall–Kier alpha value is -2.00. The largest absolute Gasteiger partial charge is 0.480 e. The second-order valence-corrected chi connectivity index (χ2v) is 6.33. The molecule has 1 rings (SSSR count). The standard InChI is InChI=1S/C12H15FN2O5S/c1-7(12(17)18)15(3)21(19,20)11-5-4-9(6-10(11)13)14-8(2)16/h4-7H,1-3H3,(H,14,16)(H,17,18). The molecule has 1 aromatic carbocycles. The molecule has 1 unspecified atom stereocenters. The highest BCUT2D eigenvalue weighted by molar-refractivity contribution is 7.89. The summed E-state index contributed by atoms with van der Waals surface area (Å²) >= 11 is 0. The molecule has 9 heteroatoms. The first-order valence-electron chi connectivity index (χ1n) is 5.85. The number of nitrogens with zero attached hydrogens (tertiary/aromatic N) is 1. The highest BCUT2D eigenvalue weighted by Crippen LogP contribution is 2.23. The van der Waals surface area contributed by atoms with Gasteiger partial charge in [0, 0.05) is 19.7 Å². The summed E-state index contributed by atoms with van der Waals surface area (Å²) in [6, 6.07) is 1.70. The maximum atomic E-state index is 13.9. The molecule has 0 aliphatic rings. The molecular weight excluding hydrogens is 303 g/mol. The Bertz CT molecular complexity index is 674. The van der Waals surface area contributed by atoms with Crippen LogP contribution in [0.5, 0.6) is 0 Å². The van der Waals surface area contributed by atoms with E-state index in [4.69, 9.17) is 5.11 Å². The summed E-state index contributed by atoms with van der Waals surface area (Å²) in [5.41, 5.74) is 0.105. The van der Waals surface area contributed by atoms with Gasteiger partial charge in [-0.3, -0.25) is 9.59 Å². The van der Waals surface area contributed by atoms with Crippen molar-refractivity contribution in [1.29, 1.82) is 0 Å². The van der Waals surface area contributed by atoms with Crippen molar-refractivity contribution >= 4 is 27.6 Å². The average molecular weight is 318 g/mol. The lowest BCUT2D eigenvalue weighted by atomic mass is 10.3. The van der Waals surface area contributed by atoms with Crippen LogP contribution in [0.1, 0.15) is 13.8 Å². The number of benzene rings is 1. The van der Waals surface area contributed by atoms with Gasteiger partial charge in [0.2, 0.25) is 15.9 Å². The second-order valence-electron chi connectivity index (χ2n) is 4.36. The van der Waals surface area contributed by atoms with Gasteiger partial charge >= 0.3 is 5.97 Å². The molecule has 1 amide bonds. The molecular formula is C12H15FN2O5S. The number of nitrogens with one attached hydrogen (secondary N) is 1. The third kappa shape index (κ3) is 3.76. The molecule has 1 atom stereocenters. The Kier molecular flexibility index (Phi) is 5.02. The maximum absolute atomic E-state index is 13.9. The van der Waals surface area contributed by atoms with Crippen LogP contribution >= 0.6 is 0 Å². The van der Waals surface area contributed by atoms with E-state index in [1.807, 2.05) is 0 Å². The van der Waals surface area contributed by atoms with Crippen molar-refractivity contribution in [2.75, 3.05) is 12.4 Å². The molecule has 0 saturated carbocycles. The van der Waals surface area contributed by atoms with Gasteiger partial charge in [-0.2, -0.15) is 4.31 Å². The molecule has 0 spiro atoms. The minimum absolute atomic E-state index is 0.105. The normalized spacial score (nSPS) is 13.0. The van der Waals surface area contributed by atoms with Crippen LogP contribution in [-0.2, 0) is 19.6 Å². The summed E-state index contributed by atoms with van der Waals surface area (Å²) in [5, 5.41) is 11.1. The fourth-order valence-electron chi connectivity index (χ4n) is 1.51. The first kappa shape index (κ1) is 17.1. The molecule has 0 bridgehead atoms. The van der Waals surface area contributed by atoms with E-state index >= 15 is 0 Å². The molecule has 0 aliphatic carbocycles. The molecule has 0 aromatic heterocycles. The van der Waals surface area contributed by atoms with Gasteiger partial charge in [-0.15, -0.1) is 0 Å². The first-order chi connectivity index (χ1) is 9.57. The van der Waals surface area contributed by atoms with E-state index in [0.29, 0.717) is 4.31 Å². The predicted molar refractivity (Wildman–Crippen MR) is 72.8 cm³/mol. The average Bonchev–Trinajstić information content (AvgIpc) is 2.35. The van der Waals surface area contributed by atoms with Crippen molar-refractivity contribution < 1.29 is 27.5 Å². The predicted octanol–water partition coefficient (Wildman–Crippen LogP) is 0.878. The highest BCUT2D eigenvalue weighted by Gasteiger charge is 2.31. The minimum Gasteiger partial charge on any atom is -0.480 e. The number of rotatable bonds is 5. The lowest BCUT2D eigenvalue weighted by Gasteiger charge is -2.21. The van der Waals surface area contributed by atoms with Crippen molar-refractivity contribution in [1.82, 2.24) is 4.31 Å². The third-order valence-corrected chi connectivity index (χ3v) is 4.77. The van der Waals surface area contributed by atoms with E-state index < -0.39 is 38.7 Å². The van der Waals surface area contributed by atoms with Crippen LogP contribution in [0.15, 0.2) is 23.1 Å². The van der Waals surface area contributed by atoms with Crippen LogP contribution in [0.4, 0.5) is 10.1 Å². The number of sulfonamides is 1. The second kappa shape index (κ2) is 6.19. The topological polar surface area (TPSA) is 104 Å². The van der Waals surface area contributed by atoms with Gasteiger partial charge in [-0.25, -0.2) is 12.8 Å². The summed E-state index contributed by atoms with van der Waals surface area (Å²) in [7, 11) is -3.24. The molecule has 0 aliphatic heterocycles. The van der Waals surface area contributed by atoms with E-state index in [1.54, 1.807) is 0 Å². The van der Waals surface area contributed by atoms with Crippen molar-refractivity contribution in [2.24, 2.45) is 0 Å². The SMILES string of the molecule is CC(=O)Nc1ccc(S(=O)(=O)N(C)C(C)C(=O)O)c(F)c1. The Labute approximate surface area is 121 Å². The van der Waals surface area contributed by atoms with E-state index in [-0.39, 0.29) is 5.69 Å². The van der Waals surface area contributed by atoms with Crippen LogP contribution < -0.4 is 5.32 Å². The van der Waals surface area contributed by atoms with Crippen molar-refractivity contribution in [2.45, 2.75) is 24.8 Å². The first-order valence-corrected chi connectivity index (χ1v) is 7.29. The fourth-order valence-corrected chi connectivity index (χ4v) is 2.87. The lowest BCUT2D eigenvalue weighted by Crippen LogP contribution is -2.40. The molecule has 2 N–H and O–H groups in total. The summed E-state index contributed by atoms with van der Waals surface area (Å²) in [6.45, 7) is 2.40. The Morgan fingerprint density at radius 2 is 1.95 bits per heavy atom. The van der Waals surface area contributed by atoms with Crippen molar-refractivity contribution in [3.8, 4) is 0 Å². The fraction of sp³-hybridized carbons (Fsp3) is 0.333. The van der Waals surface area contributed by atoms with E-state index in [0.717, 1.165) is 19.2 Å². The van der Waals surface area contributed by atoms with Gasteiger partial charge in [0.25, 0.3) is 0 Å². The summed E-state index contributed by atoms with van der Waals surface area (Å²) in [4.78, 5) is 21.0. The smallest absolute Gasteiger partial charge is 0.321 e. The molecule has 21 heavy (non-hydrogen) atoms. The molecule has 0 saturated heterocycles. The molecule has 0 radical (unpaired) electrons. The Morgan fingerprint density at radius 3 is 2.38 bits per heavy atom. The van der Waals surface area contributed by atoms with E-state index in [1.165, 1.54) is 19.9 Å². The van der Waals surface area contributed by atoms with Gasteiger partial charge in [0.15, 0.2) is 0 Å². The van der Waals surface area contributed by atoms with Gasteiger partial charge in [-0.1, -0.05) is 0 Å². The summed E-state index contributed by atoms with van der Waals surface area (Å²) in [6.07, 6.45) is 0. The lowest BCUT2D eigenvalue weighted by molar-refractivity contribution is -0.140. The van der Waals surface area contributed by atoms with Gasteiger partial charge in [-0.05, 0) is 25.1 Å². The van der Waals surface area contributed by atoms with Crippen LogP contribution in [0.2, 0.25) is 0 Å². The van der Waals surface area contributed by atoms with Crippen LogP contribution in [0, 0.1) is 5.82 Å². The van der Waals surface area contributed by atoms with Crippen LogP contribution in [-0.4, -0.2) is 42.8 Å². The van der Waals surface area contributed by atoms with E-state index in [9.17, 15) is 22.4 Å². The number of carbonyl (C=O) groups is 2. The molecule has 1 aromatic rings. The Balaban J connectivity index is 3.21. The van der Waals surface area contributed by atoms with Crippen molar-refractivity contribution in [3.63, 3.8) is 0 Å². The zero-order chi connectivity index (χ0) is 16.4. The number of anilines is 1. The number of aliphatic carboxylic acids is 1. The number of halogens is 1. The number of carboxylic acids is 1. The van der Waals surface area contributed by atoms with E-state index in [2.05, 4.69) is 5.32 Å². The molecule has 116 valence electrons. The molecule has 0 heterocycles. The quantitative estimate of drug-likeness (QED) is 0.838. The molecule has 7 nitrogen and oxygen atoms in total. The maximum Gasteiger partial charge on any atom is 0.321 e. The third-order valence-electron chi connectivity index (χ3n) is 2.81. The molecule has 0 fully saturated rings. The van der Waals surface area contributed by atoms with Gasteiger partial charge in [0.05, 0.1) is 0 Å². The number of carbonyl (C=O) groups excluding carboxylic acids is 1.